The highest BCUT2D eigenvalue weighted by atomic mass is 32.2. The highest BCUT2D eigenvalue weighted by Gasteiger charge is 2.26. The zero-order chi connectivity index (χ0) is 17.4. The van der Waals surface area contributed by atoms with Crippen LogP contribution in [-0.2, 0) is 19.1 Å². The fourth-order valence-electron chi connectivity index (χ4n) is 1.77. The summed E-state index contributed by atoms with van der Waals surface area (Å²) in [5.41, 5.74) is -0.109. The van der Waals surface area contributed by atoms with Crippen molar-refractivity contribution in [2.24, 2.45) is 0 Å². The Kier molecular flexibility index (Phi) is 6.96. The summed E-state index contributed by atoms with van der Waals surface area (Å²) < 4.78 is 10.0. The first-order valence-electron chi connectivity index (χ1n) is 7.02. The van der Waals surface area contributed by atoms with Gasteiger partial charge in [-0.2, -0.15) is 0 Å². The first-order chi connectivity index (χ1) is 11.7. The Labute approximate surface area is 149 Å². The number of carbonyl (C=O) groups excluding carboxylic acids is 2. The van der Waals surface area contributed by atoms with Crippen molar-refractivity contribution in [3.8, 4) is 0 Å². The standard InChI is InChI=1S/C18H16O4S2/c1-21-16(19)15(17(20)22-2)18(23-13-9-5-3-6-10-13)24-14-11-7-4-8-12-14/h3-12H,1-2H3. The molecule has 0 aliphatic rings. The topological polar surface area (TPSA) is 52.6 Å². The van der Waals surface area contributed by atoms with Gasteiger partial charge in [0.1, 0.15) is 0 Å². The van der Waals surface area contributed by atoms with Crippen LogP contribution in [0, 0.1) is 0 Å². The highest BCUT2D eigenvalue weighted by molar-refractivity contribution is 8.22. The molecular weight excluding hydrogens is 344 g/mol. The molecule has 0 N–H and O–H groups in total. The molecule has 0 spiro atoms. The summed E-state index contributed by atoms with van der Waals surface area (Å²) >= 11 is 2.64. The molecule has 0 saturated heterocycles. The van der Waals surface area contributed by atoms with Crippen LogP contribution < -0.4 is 0 Å². The van der Waals surface area contributed by atoms with Gasteiger partial charge in [0.05, 0.1) is 18.5 Å². The number of ether oxygens (including phenoxy) is 2. The molecule has 0 unspecified atom stereocenters. The van der Waals surface area contributed by atoms with Gasteiger partial charge < -0.3 is 9.47 Å². The molecule has 24 heavy (non-hydrogen) atoms. The second kappa shape index (κ2) is 9.20. The Bertz CT molecular complexity index is 666. The Morgan fingerprint density at radius 2 is 1.08 bits per heavy atom. The minimum atomic E-state index is -0.719. The number of rotatable bonds is 6. The zero-order valence-corrected chi connectivity index (χ0v) is 14.9. The lowest BCUT2D eigenvalue weighted by molar-refractivity contribution is -0.144. The Morgan fingerprint density at radius 1 is 0.708 bits per heavy atom. The number of benzene rings is 2. The van der Waals surface area contributed by atoms with Crippen molar-refractivity contribution in [2.45, 2.75) is 9.79 Å². The van der Waals surface area contributed by atoms with Crippen molar-refractivity contribution < 1.29 is 19.1 Å². The van der Waals surface area contributed by atoms with E-state index in [0.717, 1.165) is 9.79 Å². The molecule has 0 fully saturated rings. The van der Waals surface area contributed by atoms with Crippen molar-refractivity contribution in [1.29, 1.82) is 0 Å². The van der Waals surface area contributed by atoms with Gasteiger partial charge in [0.25, 0.3) is 0 Å². The van der Waals surface area contributed by atoms with Crippen LogP contribution in [-0.4, -0.2) is 26.2 Å². The molecule has 2 aromatic carbocycles. The number of carbonyl (C=O) groups is 2. The Balaban J connectivity index is 2.47. The molecule has 0 bridgehead atoms. The van der Waals surface area contributed by atoms with E-state index in [9.17, 15) is 9.59 Å². The lowest BCUT2D eigenvalue weighted by Crippen LogP contribution is -2.17. The molecule has 0 aliphatic heterocycles. The molecule has 124 valence electrons. The summed E-state index contributed by atoms with van der Waals surface area (Å²) in [6.45, 7) is 0. The molecule has 0 saturated carbocycles. The van der Waals surface area contributed by atoms with Crippen LogP contribution in [0.3, 0.4) is 0 Å². The quantitative estimate of drug-likeness (QED) is 0.254. The first kappa shape index (κ1) is 18.2. The van der Waals surface area contributed by atoms with Gasteiger partial charge in [-0.3, -0.25) is 0 Å². The molecule has 0 aromatic heterocycles. The van der Waals surface area contributed by atoms with Crippen LogP contribution >= 0.6 is 23.5 Å². The van der Waals surface area contributed by atoms with Crippen molar-refractivity contribution in [3.63, 3.8) is 0 Å². The van der Waals surface area contributed by atoms with E-state index in [1.807, 2.05) is 60.7 Å². The van der Waals surface area contributed by atoms with Crippen LogP contribution in [0.25, 0.3) is 0 Å². The number of methoxy groups -OCH3 is 2. The van der Waals surface area contributed by atoms with Crippen LogP contribution in [0.1, 0.15) is 0 Å². The van der Waals surface area contributed by atoms with E-state index in [-0.39, 0.29) is 5.57 Å². The minimum absolute atomic E-state index is 0.109. The van der Waals surface area contributed by atoms with Crippen molar-refractivity contribution >= 4 is 35.5 Å². The molecule has 0 heterocycles. The van der Waals surface area contributed by atoms with E-state index in [1.165, 1.54) is 37.7 Å². The summed E-state index contributed by atoms with van der Waals surface area (Å²) in [7, 11) is 2.48. The van der Waals surface area contributed by atoms with E-state index in [4.69, 9.17) is 9.47 Å². The normalized spacial score (nSPS) is 9.92. The maximum absolute atomic E-state index is 12.1. The summed E-state index contributed by atoms with van der Waals surface area (Å²) in [6.07, 6.45) is 0. The minimum Gasteiger partial charge on any atom is -0.465 e. The predicted octanol–water partition coefficient (Wildman–Crippen LogP) is 4.13. The maximum Gasteiger partial charge on any atom is 0.347 e. The van der Waals surface area contributed by atoms with Gasteiger partial charge in [0.15, 0.2) is 5.57 Å². The smallest absolute Gasteiger partial charge is 0.347 e. The van der Waals surface area contributed by atoms with Crippen molar-refractivity contribution in [3.05, 3.63) is 70.5 Å². The average molecular weight is 360 g/mol. The predicted molar refractivity (Wildman–Crippen MR) is 95.7 cm³/mol. The molecule has 4 nitrogen and oxygen atoms in total. The van der Waals surface area contributed by atoms with Crippen LogP contribution in [0.2, 0.25) is 0 Å². The van der Waals surface area contributed by atoms with Gasteiger partial charge in [0.2, 0.25) is 0 Å². The van der Waals surface area contributed by atoms with Crippen LogP contribution in [0.15, 0.2) is 80.3 Å². The summed E-state index contributed by atoms with van der Waals surface area (Å²) in [5, 5.41) is 0. The molecule has 0 aliphatic carbocycles. The second-order valence-electron chi connectivity index (χ2n) is 4.48. The third-order valence-corrected chi connectivity index (χ3v) is 5.19. The highest BCUT2D eigenvalue weighted by Crippen LogP contribution is 2.41. The lowest BCUT2D eigenvalue weighted by atomic mass is 10.3. The van der Waals surface area contributed by atoms with Crippen LogP contribution in [0.5, 0.6) is 0 Å². The van der Waals surface area contributed by atoms with Gasteiger partial charge in [-0.25, -0.2) is 9.59 Å². The number of esters is 2. The van der Waals surface area contributed by atoms with E-state index in [0.29, 0.717) is 4.24 Å². The lowest BCUT2D eigenvalue weighted by Gasteiger charge is -2.12. The third kappa shape index (κ3) is 4.91. The number of hydrogen-bond acceptors (Lipinski definition) is 6. The summed E-state index contributed by atoms with van der Waals surface area (Å²) in [6, 6.07) is 19.0. The molecular formula is C18H16O4S2. The largest absolute Gasteiger partial charge is 0.465 e. The first-order valence-corrected chi connectivity index (χ1v) is 8.65. The van der Waals surface area contributed by atoms with Crippen LogP contribution in [0.4, 0.5) is 0 Å². The van der Waals surface area contributed by atoms with Gasteiger partial charge in [-0.15, -0.1) is 0 Å². The molecule has 2 rings (SSSR count). The second-order valence-corrected chi connectivity index (χ2v) is 6.90. The third-order valence-electron chi connectivity index (χ3n) is 2.89. The monoisotopic (exact) mass is 360 g/mol. The molecule has 0 amide bonds. The van der Waals surface area contributed by atoms with Gasteiger partial charge in [0, 0.05) is 9.79 Å². The summed E-state index contributed by atoms with van der Waals surface area (Å²) in [5.74, 6) is -1.44. The average Bonchev–Trinajstić information content (AvgIpc) is 2.63. The molecule has 0 atom stereocenters. The molecule has 2 aromatic rings. The van der Waals surface area contributed by atoms with Crippen molar-refractivity contribution in [2.75, 3.05) is 14.2 Å². The fraction of sp³-hybridized carbons (Fsp3) is 0.111. The Hall–Kier alpha value is -2.18. The van der Waals surface area contributed by atoms with E-state index >= 15 is 0 Å². The van der Waals surface area contributed by atoms with Gasteiger partial charge in [-0.05, 0) is 24.3 Å². The van der Waals surface area contributed by atoms with E-state index < -0.39 is 11.9 Å². The fourth-order valence-corrected chi connectivity index (χ4v) is 4.06. The molecule has 0 radical (unpaired) electrons. The SMILES string of the molecule is COC(=O)C(C(=O)OC)=C(Sc1ccccc1)Sc1ccccc1. The summed E-state index contributed by atoms with van der Waals surface area (Å²) in [4.78, 5) is 26.1. The van der Waals surface area contributed by atoms with Crippen molar-refractivity contribution in [1.82, 2.24) is 0 Å². The van der Waals surface area contributed by atoms with E-state index in [1.54, 1.807) is 0 Å². The van der Waals surface area contributed by atoms with Gasteiger partial charge >= 0.3 is 11.9 Å². The number of hydrogen-bond donors (Lipinski definition) is 0. The zero-order valence-electron chi connectivity index (χ0n) is 13.2. The maximum atomic E-state index is 12.1. The van der Waals surface area contributed by atoms with E-state index in [2.05, 4.69) is 0 Å². The molecule has 6 heteroatoms. The van der Waals surface area contributed by atoms with Gasteiger partial charge in [-0.1, -0.05) is 59.9 Å². The number of thioether (sulfide) groups is 2. The Morgan fingerprint density at radius 3 is 1.42 bits per heavy atom.